The van der Waals surface area contributed by atoms with E-state index in [1.807, 2.05) is 50.0 Å². The number of hydrogen-bond donors (Lipinski definition) is 0. The Morgan fingerprint density at radius 1 is 1.17 bits per heavy atom. The van der Waals surface area contributed by atoms with Gasteiger partial charge in [-0.25, -0.2) is 9.98 Å². The van der Waals surface area contributed by atoms with E-state index in [-0.39, 0.29) is 5.91 Å². The number of aromatic nitrogens is 4. The summed E-state index contributed by atoms with van der Waals surface area (Å²) >= 11 is 0. The van der Waals surface area contributed by atoms with Crippen LogP contribution in [0.2, 0.25) is 0 Å². The fourth-order valence-corrected chi connectivity index (χ4v) is 3.50. The second-order valence-electron chi connectivity index (χ2n) is 6.88. The minimum absolute atomic E-state index is 0.304. The number of ether oxygens (including phenoxy) is 1. The third kappa shape index (κ3) is 3.30. The van der Waals surface area contributed by atoms with E-state index in [9.17, 15) is 4.79 Å². The molecule has 1 amide bonds. The Kier molecular flexibility index (Phi) is 4.92. The largest absolute Gasteiger partial charge is 0.493 e. The highest BCUT2D eigenvalue weighted by atomic mass is 16.5. The summed E-state index contributed by atoms with van der Waals surface area (Å²) in [5, 5.41) is 8.55. The molecule has 0 unspecified atom stereocenters. The summed E-state index contributed by atoms with van der Waals surface area (Å²) in [4.78, 5) is 21.8. The lowest BCUT2D eigenvalue weighted by molar-refractivity contribution is 0.0967. The third-order valence-corrected chi connectivity index (χ3v) is 4.85. The zero-order valence-corrected chi connectivity index (χ0v) is 17.0. The normalized spacial score (nSPS) is 13.1. The van der Waals surface area contributed by atoms with Gasteiger partial charge in [0.05, 0.1) is 17.9 Å². The summed E-state index contributed by atoms with van der Waals surface area (Å²) in [5.74, 6) is 1.40. The summed E-state index contributed by atoms with van der Waals surface area (Å²) in [7, 11) is 3.77. The zero-order chi connectivity index (χ0) is 20.5. The molecule has 1 aliphatic rings. The van der Waals surface area contributed by atoms with Crippen molar-refractivity contribution in [1.82, 2.24) is 24.6 Å². The van der Waals surface area contributed by atoms with Crippen molar-refractivity contribution in [2.75, 3.05) is 6.61 Å². The minimum Gasteiger partial charge on any atom is -0.493 e. The van der Waals surface area contributed by atoms with Gasteiger partial charge >= 0.3 is 5.91 Å². The fraction of sp³-hybridized carbons (Fsp3) is 0.333. The first-order chi connectivity index (χ1) is 14.0. The lowest BCUT2D eigenvalue weighted by atomic mass is 10.1. The van der Waals surface area contributed by atoms with Crippen molar-refractivity contribution in [3.05, 3.63) is 47.5 Å². The maximum Gasteiger partial charge on any atom is 0.301 e. The Hall–Kier alpha value is -3.42. The number of aryl methyl sites for hydroxylation is 2. The van der Waals surface area contributed by atoms with Crippen molar-refractivity contribution >= 4 is 17.4 Å². The molecule has 3 heterocycles. The molecule has 0 saturated heterocycles. The summed E-state index contributed by atoms with van der Waals surface area (Å²) in [6.45, 7) is 4.50. The lowest BCUT2D eigenvalue weighted by Crippen LogP contribution is -2.28. The van der Waals surface area contributed by atoms with Crippen molar-refractivity contribution in [2.45, 2.75) is 26.7 Å². The van der Waals surface area contributed by atoms with E-state index in [1.54, 1.807) is 10.9 Å². The minimum atomic E-state index is -0.382. The number of rotatable bonds is 6. The molecule has 29 heavy (non-hydrogen) atoms. The van der Waals surface area contributed by atoms with Gasteiger partial charge in [0, 0.05) is 32.1 Å². The van der Waals surface area contributed by atoms with E-state index < -0.39 is 0 Å². The summed E-state index contributed by atoms with van der Waals surface area (Å²) < 4.78 is 9.46. The average molecular weight is 391 g/mol. The maximum absolute atomic E-state index is 12.7. The molecular formula is C21H23N6O2. The van der Waals surface area contributed by atoms with Gasteiger partial charge in [0.2, 0.25) is 0 Å². The molecule has 1 radical (unpaired) electrons. The molecule has 0 fully saturated rings. The second kappa shape index (κ2) is 7.54. The van der Waals surface area contributed by atoms with Gasteiger partial charge in [0.1, 0.15) is 17.3 Å². The fourth-order valence-electron chi connectivity index (χ4n) is 3.50. The SMILES string of the molecule is CCCc1c2c(nn1C)C(=O)[N]C(c1cc(-c3nccn3C)ccc1OCC)=N2. The molecule has 4 rings (SSSR count). The van der Waals surface area contributed by atoms with Crippen LogP contribution in [-0.2, 0) is 20.5 Å². The van der Waals surface area contributed by atoms with Crippen LogP contribution < -0.4 is 10.1 Å². The zero-order valence-electron chi connectivity index (χ0n) is 17.0. The van der Waals surface area contributed by atoms with Crippen LogP contribution in [0, 0.1) is 0 Å². The molecular weight excluding hydrogens is 368 g/mol. The number of amides is 1. The van der Waals surface area contributed by atoms with Crippen LogP contribution in [0.15, 0.2) is 35.6 Å². The van der Waals surface area contributed by atoms with Gasteiger partial charge in [-0.15, -0.1) is 0 Å². The highest BCUT2D eigenvalue weighted by Gasteiger charge is 2.30. The van der Waals surface area contributed by atoms with Crippen molar-refractivity contribution in [2.24, 2.45) is 19.1 Å². The number of imidazole rings is 1. The molecule has 149 valence electrons. The molecule has 0 saturated carbocycles. The van der Waals surface area contributed by atoms with Gasteiger partial charge in [0.15, 0.2) is 11.5 Å². The Labute approximate surface area is 169 Å². The summed E-state index contributed by atoms with van der Waals surface area (Å²) in [5.41, 5.74) is 3.40. The van der Waals surface area contributed by atoms with E-state index in [2.05, 4.69) is 22.3 Å². The predicted molar refractivity (Wildman–Crippen MR) is 110 cm³/mol. The van der Waals surface area contributed by atoms with Crippen LogP contribution in [0.25, 0.3) is 11.4 Å². The van der Waals surface area contributed by atoms with E-state index in [4.69, 9.17) is 9.73 Å². The molecule has 0 atom stereocenters. The van der Waals surface area contributed by atoms with Crippen molar-refractivity contribution in [1.29, 1.82) is 0 Å². The summed E-state index contributed by atoms with van der Waals surface area (Å²) in [6.07, 6.45) is 5.35. The van der Waals surface area contributed by atoms with E-state index >= 15 is 0 Å². The molecule has 0 N–H and O–H groups in total. The number of hydrogen-bond acceptors (Lipinski definition) is 5. The molecule has 1 aromatic carbocycles. The third-order valence-electron chi connectivity index (χ3n) is 4.85. The van der Waals surface area contributed by atoms with Crippen molar-refractivity contribution in [3.8, 4) is 17.1 Å². The van der Waals surface area contributed by atoms with E-state index in [0.29, 0.717) is 35.1 Å². The standard InChI is InChI=1S/C21H23N6O2/c1-5-7-15-17-18(25-27(15)4)21(28)24-19(23-17)14-12-13(8-9-16(14)29-6-2)20-22-10-11-26(20)3/h8-12H,5-7H2,1-4H3. The molecule has 3 aromatic rings. The van der Waals surface area contributed by atoms with Gasteiger partial charge < -0.3 is 9.30 Å². The molecule has 2 aromatic heterocycles. The molecule has 1 aliphatic heterocycles. The number of benzene rings is 1. The quantitative estimate of drug-likeness (QED) is 0.646. The molecule has 8 heteroatoms. The van der Waals surface area contributed by atoms with Crippen LogP contribution in [0.5, 0.6) is 5.75 Å². The number of nitrogens with zero attached hydrogens (tertiary/aromatic N) is 6. The van der Waals surface area contributed by atoms with Crippen LogP contribution in [-0.4, -0.2) is 37.7 Å². The van der Waals surface area contributed by atoms with Crippen molar-refractivity contribution in [3.63, 3.8) is 0 Å². The van der Waals surface area contributed by atoms with Crippen LogP contribution in [0.4, 0.5) is 5.69 Å². The summed E-state index contributed by atoms with van der Waals surface area (Å²) in [6, 6.07) is 5.74. The number of amidine groups is 1. The Morgan fingerprint density at radius 3 is 2.69 bits per heavy atom. The molecule has 0 bridgehead atoms. The smallest absolute Gasteiger partial charge is 0.301 e. The number of carbonyl (C=O) groups excluding carboxylic acids is 1. The van der Waals surface area contributed by atoms with Gasteiger partial charge in [-0.3, -0.25) is 9.48 Å². The Balaban J connectivity index is 1.87. The van der Waals surface area contributed by atoms with E-state index in [0.717, 1.165) is 29.9 Å². The van der Waals surface area contributed by atoms with E-state index in [1.165, 1.54) is 0 Å². The first kappa shape index (κ1) is 18.9. The topological polar surface area (TPSA) is 88.4 Å². The Bertz CT molecular complexity index is 1110. The first-order valence-corrected chi connectivity index (χ1v) is 9.69. The number of carbonyl (C=O) groups is 1. The average Bonchev–Trinajstić information content (AvgIpc) is 3.27. The van der Waals surface area contributed by atoms with Gasteiger partial charge in [-0.2, -0.15) is 10.4 Å². The maximum atomic E-state index is 12.7. The number of fused-ring (bicyclic) bond motifs is 1. The van der Waals surface area contributed by atoms with Gasteiger partial charge in [0.25, 0.3) is 0 Å². The molecule has 0 aliphatic carbocycles. The van der Waals surface area contributed by atoms with Crippen LogP contribution in [0.1, 0.15) is 42.0 Å². The van der Waals surface area contributed by atoms with Gasteiger partial charge in [-0.1, -0.05) is 13.3 Å². The highest BCUT2D eigenvalue weighted by molar-refractivity contribution is 6.18. The van der Waals surface area contributed by atoms with Gasteiger partial charge in [-0.05, 0) is 31.5 Å². The molecule has 8 nitrogen and oxygen atoms in total. The van der Waals surface area contributed by atoms with Crippen LogP contribution >= 0.6 is 0 Å². The van der Waals surface area contributed by atoms with Crippen molar-refractivity contribution < 1.29 is 9.53 Å². The highest BCUT2D eigenvalue weighted by Crippen LogP contribution is 2.32. The monoisotopic (exact) mass is 391 g/mol. The second-order valence-corrected chi connectivity index (χ2v) is 6.88. The Morgan fingerprint density at radius 2 is 2.00 bits per heavy atom. The predicted octanol–water partition coefficient (Wildman–Crippen LogP) is 3.01. The first-order valence-electron chi connectivity index (χ1n) is 9.69. The number of aliphatic imine (C=N–C) groups is 1. The molecule has 0 spiro atoms. The lowest BCUT2D eigenvalue weighted by Gasteiger charge is -2.16. The van der Waals surface area contributed by atoms with Crippen LogP contribution in [0.3, 0.4) is 0 Å².